The van der Waals surface area contributed by atoms with E-state index in [2.05, 4.69) is 5.32 Å². The number of nitrogens with one attached hydrogen (secondary N) is 1. The Balaban J connectivity index is 1.53. The molecule has 8 nitrogen and oxygen atoms in total. The van der Waals surface area contributed by atoms with Crippen molar-refractivity contribution in [1.82, 2.24) is 15.1 Å². The van der Waals surface area contributed by atoms with Gasteiger partial charge < -0.3 is 15.1 Å². The number of nitrogens with zero attached hydrogens (tertiary/aromatic N) is 2. The minimum atomic E-state index is -4.23. The van der Waals surface area contributed by atoms with Crippen LogP contribution in [0.4, 0.5) is 0 Å². The summed E-state index contributed by atoms with van der Waals surface area (Å²) in [7, 11) is -4.23. The molecule has 3 aromatic rings. The first-order valence-corrected chi connectivity index (χ1v) is 13.1. The van der Waals surface area contributed by atoms with Crippen LogP contribution in [0.1, 0.15) is 26.3 Å². The molecule has 0 unspecified atom stereocenters. The zero-order valence-corrected chi connectivity index (χ0v) is 20.6. The molecule has 0 aromatic heterocycles. The molecule has 186 valence electrons. The maximum atomic E-state index is 13.5. The summed E-state index contributed by atoms with van der Waals surface area (Å²) in [6.07, 6.45) is 0. The highest BCUT2D eigenvalue weighted by Crippen LogP contribution is 2.19. The second kappa shape index (κ2) is 10.7. The molecule has 1 fully saturated rings. The van der Waals surface area contributed by atoms with E-state index in [1.54, 1.807) is 65.6 Å². The smallest absolute Gasteiger partial charge is 0.261 e. The van der Waals surface area contributed by atoms with Gasteiger partial charge in [-0.2, -0.15) is 0 Å². The highest BCUT2D eigenvalue weighted by Gasteiger charge is 2.39. The first kappa shape index (κ1) is 25.1. The van der Waals surface area contributed by atoms with Gasteiger partial charge in [-0.25, -0.2) is 8.42 Å². The molecular formula is C27H27N3O5S. The number of carbonyl (C=O) groups excluding carboxylic acids is 3. The zero-order valence-electron chi connectivity index (χ0n) is 19.8. The lowest BCUT2D eigenvalue weighted by Gasteiger charge is -2.36. The fraction of sp³-hybridized carbons (Fsp3) is 0.222. The van der Waals surface area contributed by atoms with Crippen LogP contribution in [0.3, 0.4) is 0 Å². The summed E-state index contributed by atoms with van der Waals surface area (Å²) in [5.74, 6) is -1.54. The van der Waals surface area contributed by atoms with Gasteiger partial charge in [-0.3, -0.25) is 14.4 Å². The third-order valence-electron chi connectivity index (χ3n) is 6.05. The first-order chi connectivity index (χ1) is 17.3. The molecule has 0 spiro atoms. The number of hydrogen-bond acceptors (Lipinski definition) is 5. The monoisotopic (exact) mass is 505 g/mol. The Labute approximate surface area is 210 Å². The lowest BCUT2D eigenvalue weighted by molar-refractivity contribution is -0.132. The number of rotatable bonds is 6. The molecule has 1 aliphatic heterocycles. The van der Waals surface area contributed by atoms with Crippen LogP contribution in [0.15, 0.2) is 89.8 Å². The Morgan fingerprint density at radius 1 is 0.750 bits per heavy atom. The van der Waals surface area contributed by atoms with Gasteiger partial charge in [0.1, 0.15) is 0 Å². The number of piperazine rings is 1. The van der Waals surface area contributed by atoms with Crippen LogP contribution in [0.25, 0.3) is 0 Å². The molecule has 0 aliphatic carbocycles. The van der Waals surface area contributed by atoms with Gasteiger partial charge in [0.15, 0.2) is 0 Å². The highest BCUT2D eigenvalue weighted by atomic mass is 32.2. The molecule has 4 rings (SSSR count). The van der Waals surface area contributed by atoms with Crippen molar-refractivity contribution >= 4 is 27.6 Å². The SMILES string of the molecule is Cc1cccc(C(=O)N2CCN(C(=O)[C@@H](NC(=O)c3ccccc3)S(=O)(=O)c3ccccc3)CC2)c1. The van der Waals surface area contributed by atoms with E-state index in [4.69, 9.17) is 0 Å². The van der Waals surface area contributed by atoms with Crippen molar-refractivity contribution in [2.24, 2.45) is 0 Å². The van der Waals surface area contributed by atoms with Crippen LogP contribution in [-0.2, 0) is 14.6 Å². The standard InChI is InChI=1S/C27H27N3O5S/c1-20-9-8-12-22(19-20)26(32)29-15-17-30(18-16-29)27(33)25(28-24(31)21-10-4-2-5-11-21)36(34,35)23-13-6-3-7-14-23/h2-14,19,25H,15-18H2,1H3,(H,28,31)/t25-/m0/s1. The minimum absolute atomic E-state index is 0.0648. The van der Waals surface area contributed by atoms with Crippen molar-refractivity contribution in [3.05, 3.63) is 102 Å². The summed E-state index contributed by atoms with van der Waals surface area (Å²) in [6, 6.07) is 23.0. The molecule has 9 heteroatoms. The van der Waals surface area contributed by atoms with E-state index >= 15 is 0 Å². The first-order valence-electron chi connectivity index (χ1n) is 11.6. The molecule has 0 radical (unpaired) electrons. The summed E-state index contributed by atoms with van der Waals surface area (Å²) < 4.78 is 26.9. The van der Waals surface area contributed by atoms with E-state index in [0.717, 1.165) is 5.56 Å². The number of aryl methyl sites for hydroxylation is 1. The molecule has 0 saturated carbocycles. The normalized spacial score (nSPS) is 14.7. The summed E-state index contributed by atoms with van der Waals surface area (Å²) in [5.41, 5.74) is 1.78. The maximum absolute atomic E-state index is 13.5. The van der Waals surface area contributed by atoms with Gasteiger partial charge in [0.25, 0.3) is 17.7 Å². The number of sulfone groups is 1. The second-order valence-electron chi connectivity index (χ2n) is 8.56. The van der Waals surface area contributed by atoms with Gasteiger partial charge in [-0.1, -0.05) is 54.1 Å². The fourth-order valence-electron chi connectivity index (χ4n) is 4.07. The molecule has 36 heavy (non-hydrogen) atoms. The van der Waals surface area contributed by atoms with Crippen LogP contribution < -0.4 is 5.32 Å². The molecular weight excluding hydrogens is 478 g/mol. The van der Waals surface area contributed by atoms with E-state index in [1.165, 1.54) is 17.0 Å². The van der Waals surface area contributed by atoms with Crippen molar-refractivity contribution in [1.29, 1.82) is 0 Å². The van der Waals surface area contributed by atoms with E-state index < -0.39 is 27.0 Å². The Bertz CT molecular complexity index is 1350. The molecule has 3 aromatic carbocycles. The predicted molar refractivity (Wildman–Crippen MR) is 135 cm³/mol. The predicted octanol–water partition coefficient (Wildman–Crippen LogP) is 2.51. The maximum Gasteiger partial charge on any atom is 0.261 e. The van der Waals surface area contributed by atoms with Crippen molar-refractivity contribution in [2.45, 2.75) is 17.2 Å². The van der Waals surface area contributed by atoms with Crippen LogP contribution in [-0.4, -0.2) is 67.5 Å². The number of amides is 3. The van der Waals surface area contributed by atoms with Crippen molar-refractivity contribution < 1.29 is 22.8 Å². The van der Waals surface area contributed by atoms with Crippen LogP contribution in [0.2, 0.25) is 0 Å². The average Bonchev–Trinajstić information content (AvgIpc) is 2.91. The van der Waals surface area contributed by atoms with Gasteiger partial charge in [-0.15, -0.1) is 0 Å². The molecule has 1 N–H and O–H groups in total. The Morgan fingerprint density at radius 2 is 1.31 bits per heavy atom. The van der Waals surface area contributed by atoms with Gasteiger partial charge in [0, 0.05) is 37.3 Å². The Morgan fingerprint density at radius 3 is 1.92 bits per heavy atom. The topological polar surface area (TPSA) is 104 Å². The molecule has 1 heterocycles. The summed E-state index contributed by atoms with van der Waals surface area (Å²) in [5, 5.41) is 0.637. The highest BCUT2D eigenvalue weighted by molar-refractivity contribution is 7.92. The van der Waals surface area contributed by atoms with Crippen LogP contribution >= 0.6 is 0 Å². The van der Waals surface area contributed by atoms with Gasteiger partial charge in [0.05, 0.1) is 4.90 Å². The lowest BCUT2D eigenvalue weighted by atomic mass is 10.1. The van der Waals surface area contributed by atoms with Gasteiger partial charge >= 0.3 is 0 Å². The third-order valence-corrected chi connectivity index (χ3v) is 7.92. The summed E-state index contributed by atoms with van der Waals surface area (Å²) in [4.78, 5) is 42.2. The quantitative estimate of drug-likeness (QED) is 0.555. The van der Waals surface area contributed by atoms with Crippen LogP contribution in [0, 0.1) is 6.92 Å². The fourth-order valence-corrected chi connectivity index (χ4v) is 5.55. The molecule has 0 bridgehead atoms. The van der Waals surface area contributed by atoms with E-state index in [0.29, 0.717) is 5.56 Å². The lowest BCUT2D eigenvalue weighted by Crippen LogP contribution is -2.57. The minimum Gasteiger partial charge on any atom is -0.336 e. The largest absolute Gasteiger partial charge is 0.336 e. The number of carbonyl (C=O) groups is 3. The summed E-state index contributed by atoms with van der Waals surface area (Å²) >= 11 is 0. The summed E-state index contributed by atoms with van der Waals surface area (Å²) in [6.45, 7) is 2.72. The Hall–Kier alpha value is -3.98. The second-order valence-corrected chi connectivity index (χ2v) is 10.6. The molecule has 3 amide bonds. The number of benzene rings is 3. The third kappa shape index (κ3) is 5.46. The van der Waals surface area contributed by atoms with Crippen molar-refractivity contribution in [3.8, 4) is 0 Å². The number of hydrogen-bond donors (Lipinski definition) is 1. The van der Waals surface area contributed by atoms with Crippen molar-refractivity contribution in [3.63, 3.8) is 0 Å². The van der Waals surface area contributed by atoms with E-state index in [1.807, 2.05) is 19.1 Å². The zero-order chi connectivity index (χ0) is 25.7. The molecule has 1 saturated heterocycles. The van der Waals surface area contributed by atoms with Gasteiger partial charge in [0.2, 0.25) is 15.2 Å². The van der Waals surface area contributed by atoms with E-state index in [-0.39, 0.29) is 42.5 Å². The van der Waals surface area contributed by atoms with Crippen LogP contribution in [0.5, 0.6) is 0 Å². The van der Waals surface area contributed by atoms with Gasteiger partial charge in [-0.05, 0) is 43.3 Å². The van der Waals surface area contributed by atoms with E-state index in [9.17, 15) is 22.8 Å². The Kier molecular flexibility index (Phi) is 7.49. The average molecular weight is 506 g/mol. The molecule has 1 atom stereocenters. The van der Waals surface area contributed by atoms with Crippen molar-refractivity contribution in [2.75, 3.05) is 26.2 Å². The molecule has 1 aliphatic rings.